The standard InChI is InChI=1S/C15H20F4O6S/c1-12(25-11(20)14(16,15(17,18)19)26(21,22)23)9-3-8-4-10(12)7-13(5-8,6-9)24-2/h8-10H,3-7H2,1-2H3,(H,21,22,23). The van der Waals surface area contributed by atoms with Crippen molar-refractivity contribution in [2.75, 3.05) is 7.11 Å². The molecule has 0 saturated heterocycles. The van der Waals surface area contributed by atoms with Crippen molar-refractivity contribution in [3.8, 4) is 0 Å². The fourth-order valence-corrected chi connectivity index (χ4v) is 5.71. The highest BCUT2D eigenvalue weighted by atomic mass is 32.2. The molecule has 0 radical (unpaired) electrons. The Hall–Kier alpha value is -0.940. The van der Waals surface area contributed by atoms with Crippen molar-refractivity contribution in [1.82, 2.24) is 0 Å². The number of rotatable bonds is 4. The number of halogens is 4. The summed E-state index contributed by atoms with van der Waals surface area (Å²) in [5.74, 6) is -3.14. The maximum atomic E-state index is 14.3. The second kappa shape index (κ2) is 5.54. The Morgan fingerprint density at radius 1 is 1.12 bits per heavy atom. The van der Waals surface area contributed by atoms with Crippen molar-refractivity contribution >= 4 is 16.1 Å². The number of alkyl halides is 4. The number of ether oxygens (including phenoxy) is 2. The van der Waals surface area contributed by atoms with Crippen LogP contribution >= 0.6 is 0 Å². The molecule has 4 aliphatic rings. The molecule has 4 bridgehead atoms. The normalized spacial score (nSPS) is 41.7. The molecule has 3 unspecified atom stereocenters. The van der Waals surface area contributed by atoms with E-state index in [2.05, 4.69) is 0 Å². The Bertz CT molecular complexity index is 704. The lowest BCUT2D eigenvalue weighted by molar-refractivity contribution is -0.259. The van der Waals surface area contributed by atoms with E-state index in [0.29, 0.717) is 25.7 Å². The molecular weight excluding hydrogens is 384 g/mol. The number of hydrogen-bond acceptors (Lipinski definition) is 5. The van der Waals surface area contributed by atoms with Crippen LogP contribution < -0.4 is 0 Å². The molecule has 1 N–H and O–H groups in total. The summed E-state index contributed by atoms with van der Waals surface area (Å²) in [5.41, 5.74) is -1.90. The van der Waals surface area contributed by atoms with E-state index in [1.165, 1.54) is 6.92 Å². The molecule has 0 aromatic heterocycles. The van der Waals surface area contributed by atoms with Crippen LogP contribution in [0.1, 0.15) is 39.0 Å². The van der Waals surface area contributed by atoms with Crippen molar-refractivity contribution in [1.29, 1.82) is 0 Å². The summed E-state index contributed by atoms with van der Waals surface area (Å²) < 4.78 is 94.5. The van der Waals surface area contributed by atoms with Crippen LogP contribution in [0.4, 0.5) is 17.6 Å². The van der Waals surface area contributed by atoms with Gasteiger partial charge in [0.2, 0.25) is 0 Å². The first-order valence-corrected chi connectivity index (χ1v) is 9.64. The van der Waals surface area contributed by atoms with E-state index in [0.717, 1.165) is 6.42 Å². The first-order chi connectivity index (χ1) is 11.7. The lowest BCUT2D eigenvalue weighted by Crippen LogP contribution is -2.66. The molecule has 4 rings (SSSR count). The quantitative estimate of drug-likeness (QED) is 0.440. The number of esters is 1. The summed E-state index contributed by atoms with van der Waals surface area (Å²) in [7, 11) is -4.89. The zero-order valence-electron chi connectivity index (χ0n) is 14.2. The molecular formula is C15H20F4O6S. The zero-order valence-corrected chi connectivity index (χ0v) is 15.0. The highest BCUT2D eigenvalue weighted by Crippen LogP contribution is 2.62. The Kier molecular flexibility index (Phi) is 4.22. The Balaban J connectivity index is 1.92. The summed E-state index contributed by atoms with van der Waals surface area (Å²) in [5, 5.41) is -5.52. The van der Waals surface area contributed by atoms with Gasteiger partial charge < -0.3 is 9.47 Å². The van der Waals surface area contributed by atoms with Crippen molar-refractivity contribution in [3.63, 3.8) is 0 Å². The van der Waals surface area contributed by atoms with Crippen LogP contribution in [0.3, 0.4) is 0 Å². The maximum Gasteiger partial charge on any atom is 0.451 e. The number of carbonyl (C=O) groups excluding carboxylic acids is 1. The van der Waals surface area contributed by atoms with Gasteiger partial charge in [-0.15, -0.1) is 0 Å². The van der Waals surface area contributed by atoms with Crippen LogP contribution in [-0.4, -0.2) is 48.4 Å². The first kappa shape index (κ1) is 19.8. The highest BCUT2D eigenvalue weighted by molar-refractivity contribution is 7.88. The monoisotopic (exact) mass is 404 g/mol. The minimum atomic E-state index is -6.43. The highest BCUT2D eigenvalue weighted by Gasteiger charge is 2.74. The fourth-order valence-electron chi connectivity index (χ4n) is 5.16. The van der Waals surface area contributed by atoms with Crippen LogP contribution in [0.2, 0.25) is 0 Å². The van der Waals surface area contributed by atoms with E-state index in [-0.39, 0.29) is 17.8 Å². The molecule has 0 heterocycles. The molecule has 0 spiro atoms. The van der Waals surface area contributed by atoms with Crippen molar-refractivity contribution < 1.29 is 44.8 Å². The third-order valence-electron chi connectivity index (χ3n) is 6.48. The summed E-state index contributed by atoms with van der Waals surface area (Å²) in [6.07, 6.45) is -3.37. The molecule has 4 aliphatic carbocycles. The van der Waals surface area contributed by atoms with Gasteiger partial charge in [0, 0.05) is 18.9 Å². The zero-order chi connectivity index (χ0) is 19.8. The van der Waals surface area contributed by atoms with Gasteiger partial charge in [-0.3, -0.25) is 4.55 Å². The van der Waals surface area contributed by atoms with Crippen molar-refractivity contribution in [3.05, 3.63) is 0 Å². The minimum absolute atomic E-state index is 0.263. The topological polar surface area (TPSA) is 89.9 Å². The van der Waals surface area contributed by atoms with E-state index in [9.17, 15) is 30.8 Å². The molecule has 26 heavy (non-hydrogen) atoms. The average molecular weight is 404 g/mol. The SMILES string of the molecule is COC12CC3CC(C1)C(C)(OC(=O)C(F)(C(F)(F)F)S(=O)(=O)O)C(C3)C2. The van der Waals surface area contributed by atoms with Crippen LogP contribution in [-0.2, 0) is 24.4 Å². The number of carbonyl (C=O) groups is 1. The Morgan fingerprint density at radius 2 is 1.62 bits per heavy atom. The van der Waals surface area contributed by atoms with E-state index in [4.69, 9.17) is 14.0 Å². The Morgan fingerprint density at radius 3 is 2.00 bits per heavy atom. The van der Waals surface area contributed by atoms with E-state index in [1.807, 2.05) is 0 Å². The van der Waals surface area contributed by atoms with Gasteiger partial charge in [0.05, 0.1) is 5.60 Å². The second-order valence-corrected chi connectivity index (χ2v) is 9.38. The molecule has 0 aliphatic heterocycles. The third kappa shape index (κ3) is 2.57. The van der Waals surface area contributed by atoms with E-state index >= 15 is 0 Å². The van der Waals surface area contributed by atoms with Crippen LogP contribution in [0.5, 0.6) is 0 Å². The van der Waals surface area contributed by atoms with E-state index < -0.39 is 38.5 Å². The lowest BCUT2D eigenvalue weighted by atomic mass is 9.48. The number of methoxy groups -OCH3 is 1. The second-order valence-electron chi connectivity index (χ2n) is 7.87. The van der Waals surface area contributed by atoms with Gasteiger partial charge in [-0.05, 0) is 44.9 Å². The minimum Gasteiger partial charge on any atom is -0.455 e. The summed E-state index contributed by atoms with van der Waals surface area (Å²) in [4.78, 5) is 12.0. The van der Waals surface area contributed by atoms with Gasteiger partial charge in [-0.1, -0.05) is 0 Å². The molecule has 11 heteroatoms. The molecule has 0 aromatic carbocycles. The van der Waals surface area contributed by atoms with Crippen LogP contribution in [0.15, 0.2) is 0 Å². The van der Waals surface area contributed by atoms with E-state index in [1.54, 1.807) is 7.11 Å². The van der Waals surface area contributed by atoms with Gasteiger partial charge >= 0.3 is 27.3 Å². The molecule has 150 valence electrons. The molecule has 4 fully saturated rings. The van der Waals surface area contributed by atoms with Crippen LogP contribution in [0, 0.1) is 17.8 Å². The number of hydrogen-bond donors (Lipinski definition) is 1. The lowest BCUT2D eigenvalue weighted by Gasteiger charge is -2.63. The Labute approximate surface area is 148 Å². The van der Waals surface area contributed by atoms with Crippen molar-refractivity contribution in [2.24, 2.45) is 17.8 Å². The molecule has 4 saturated carbocycles. The fraction of sp³-hybridized carbons (Fsp3) is 0.933. The molecule has 3 atom stereocenters. The molecule has 6 nitrogen and oxygen atoms in total. The van der Waals surface area contributed by atoms with Crippen molar-refractivity contribution in [2.45, 2.75) is 61.4 Å². The average Bonchev–Trinajstić information content (AvgIpc) is 2.49. The van der Waals surface area contributed by atoms with Gasteiger partial charge in [0.25, 0.3) is 0 Å². The van der Waals surface area contributed by atoms with Crippen LogP contribution in [0.25, 0.3) is 0 Å². The summed E-state index contributed by atoms with van der Waals surface area (Å²) in [6.45, 7) is 1.40. The molecule has 0 aromatic rings. The predicted octanol–water partition coefficient (Wildman–Crippen LogP) is 2.63. The predicted molar refractivity (Wildman–Crippen MR) is 79.2 cm³/mol. The first-order valence-electron chi connectivity index (χ1n) is 8.20. The van der Waals surface area contributed by atoms with Gasteiger partial charge in [-0.2, -0.15) is 21.6 Å². The van der Waals surface area contributed by atoms with Gasteiger partial charge in [0.15, 0.2) is 0 Å². The van der Waals surface area contributed by atoms with Gasteiger partial charge in [0.1, 0.15) is 5.60 Å². The smallest absolute Gasteiger partial charge is 0.451 e. The summed E-state index contributed by atoms with van der Waals surface area (Å²) in [6, 6.07) is 0. The van der Waals surface area contributed by atoms with Gasteiger partial charge in [-0.25, -0.2) is 9.18 Å². The molecule has 0 amide bonds. The largest absolute Gasteiger partial charge is 0.455 e. The summed E-state index contributed by atoms with van der Waals surface area (Å²) >= 11 is 0. The maximum absolute atomic E-state index is 14.3. The third-order valence-corrected chi connectivity index (χ3v) is 7.59.